The average Bonchev–Trinajstić information content (AvgIpc) is 2.14. The van der Waals surface area contributed by atoms with E-state index in [0.29, 0.717) is 0 Å². The maximum Gasteiger partial charge on any atom is 0.0205 e. The van der Waals surface area contributed by atoms with Crippen LogP contribution in [0, 0.1) is 0 Å². The summed E-state index contributed by atoms with van der Waals surface area (Å²) in [6.45, 7) is 2.06. The first-order chi connectivity index (χ1) is 5.93. The van der Waals surface area contributed by atoms with E-state index in [2.05, 4.69) is 45.5 Å². The van der Waals surface area contributed by atoms with Crippen LogP contribution < -0.4 is 5.32 Å². The highest BCUT2D eigenvalue weighted by Crippen LogP contribution is 1.97. The Balaban J connectivity index is 2.16. The average molecular weight is 228 g/mol. The van der Waals surface area contributed by atoms with Crippen molar-refractivity contribution in [3.8, 4) is 0 Å². The van der Waals surface area contributed by atoms with E-state index in [1.807, 2.05) is 6.07 Å². The molecule has 0 aromatic heterocycles. The van der Waals surface area contributed by atoms with Crippen LogP contribution in [0.1, 0.15) is 12.0 Å². The maximum atomic E-state index is 3.40. The summed E-state index contributed by atoms with van der Waals surface area (Å²) in [7, 11) is 0. The van der Waals surface area contributed by atoms with Gasteiger partial charge in [-0.15, -0.1) is 0 Å². The molecule has 0 unspecified atom stereocenters. The van der Waals surface area contributed by atoms with Crippen molar-refractivity contribution < 1.29 is 0 Å². The third-order valence-corrected chi connectivity index (χ3v) is 2.22. The highest BCUT2D eigenvalue weighted by Gasteiger charge is 1.89. The lowest BCUT2D eigenvalue weighted by Gasteiger charge is -2.02. The zero-order valence-corrected chi connectivity index (χ0v) is 8.68. The van der Waals surface area contributed by atoms with E-state index in [1.54, 1.807) is 0 Å². The van der Waals surface area contributed by atoms with Crippen LogP contribution in [0.15, 0.2) is 30.3 Å². The van der Waals surface area contributed by atoms with Crippen molar-refractivity contribution in [2.24, 2.45) is 0 Å². The van der Waals surface area contributed by atoms with Crippen molar-refractivity contribution in [1.29, 1.82) is 0 Å². The minimum atomic E-state index is 0.980. The molecular formula is C10H14BrN. The van der Waals surface area contributed by atoms with Gasteiger partial charge in [0.05, 0.1) is 0 Å². The van der Waals surface area contributed by atoms with Gasteiger partial charge in [0.2, 0.25) is 0 Å². The number of rotatable bonds is 5. The van der Waals surface area contributed by atoms with Crippen LogP contribution in [0.25, 0.3) is 0 Å². The van der Waals surface area contributed by atoms with Crippen LogP contribution in [-0.4, -0.2) is 11.9 Å². The quantitative estimate of drug-likeness (QED) is 0.603. The molecule has 2 heteroatoms. The fraction of sp³-hybridized carbons (Fsp3) is 0.400. The fourth-order valence-electron chi connectivity index (χ4n) is 1.02. The zero-order valence-electron chi connectivity index (χ0n) is 7.09. The molecule has 0 aliphatic carbocycles. The zero-order chi connectivity index (χ0) is 8.65. The molecule has 0 radical (unpaired) electrons. The Kier molecular flexibility index (Phi) is 5.04. The monoisotopic (exact) mass is 227 g/mol. The van der Waals surface area contributed by atoms with Gasteiger partial charge < -0.3 is 5.32 Å². The van der Waals surface area contributed by atoms with Crippen LogP contribution in [0.4, 0.5) is 0 Å². The summed E-state index contributed by atoms with van der Waals surface area (Å²) < 4.78 is 0. The van der Waals surface area contributed by atoms with Gasteiger partial charge >= 0.3 is 0 Å². The Morgan fingerprint density at radius 1 is 1.17 bits per heavy atom. The summed E-state index contributed by atoms with van der Waals surface area (Å²) in [5.41, 5.74) is 1.35. The first-order valence-corrected chi connectivity index (χ1v) is 5.36. The van der Waals surface area contributed by atoms with E-state index in [-0.39, 0.29) is 0 Å². The fourth-order valence-corrected chi connectivity index (χ4v) is 1.30. The molecule has 1 nitrogen and oxygen atoms in total. The van der Waals surface area contributed by atoms with E-state index >= 15 is 0 Å². The van der Waals surface area contributed by atoms with Crippen LogP contribution >= 0.6 is 15.9 Å². The lowest BCUT2D eigenvalue weighted by atomic mass is 10.2. The van der Waals surface area contributed by atoms with E-state index in [4.69, 9.17) is 0 Å². The molecule has 66 valence electrons. The van der Waals surface area contributed by atoms with Crippen molar-refractivity contribution in [2.75, 3.05) is 11.9 Å². The maximum absolute atomic E-state index is 3.40. The van der Waals surface area contributed by atoms with Crippen molar-refractivity contribution in [3.63, 3.8) is 0 Å². The lowest BCUT2D eigenvalue weighted by Crippen LogP contribution is -2.14. The van der Waals surface area contributed by atoms with Gasteiger partial charge in [-0.05, 0) is 18.5 Å². The molecule has 1 aromatic carbocycles. The molecular weight excluding hydrogens is 214 g/mol. The summed E-state index contributed by atoms with van der Waals surface area (Å²) in [5, 5.41) is 4.45. The highest BCUT2D eigenvalue weighted by atomic mass is 79.9. The van der Waals surface area contributed by atoms with Gasteiger partial charge in [0.25, 0.3) is 0 Å². The molecule has 1 N–H and O–H groups in total. The smallest absolute Gasteiger partial charge is 0.0205 e. The molecule has 0 saturated heterocycles. The minimum absolute atomic E-state index is 0.980. The third kappa shape index (κ3) is 3.88. The van der Waals surface area contributed by atoms with Gasteiger partial charge in [0.1, 0.15) is 0 Å². The van der Waals surface area contributed by atoms with Crippen molar-refractivity contribution in [1.82, 2.24) is 5.32 Å². The van der Waals surface area contributed by atoms with Gasteiger partial charge in [-0.3, -0.25) is 0 Å². The molecule has 0 bridgehead atoms. The molecule has 0 atom stereocenters. The number of benzene rings is 1. The van der Waals surface area contributed by atoms with Gasteiger partial charge in [0.15, 0.2) is 0 Å². The molecule has 0 amide bonds. The molecule has 0 spiro atoms. The normalized spacial score (nSPS) is 10.1. The number of halogens is 1. The molecule has 1 aromatic rings. The predicted octanol–water partition coefficient (Wildman–Crippen LogP) is 2.56. The van der Waals surface area contributed by atoms with Crippen LogP contribution in [0.2, 0.25) is 0 Å². The van der Waals surface area contributed by atoms with Gasteiger partial charge in [0, 0.05) is 11.9 Å². The topological polar surface area (TPSA) is 12.0 Å². The van der Waals surface area contributed by atoms with Gasteiger partial charge in [-0.25, -0.2) is 0 Å². The van der Waals surface area contributed by atoms with Crippen LogP contribution in [0.5, 0.6) is 0 Å². The van der Waals surface area contributed by atoms with Gasteiger partial charge in [-0.2, -0.15) is 0 Å². The number of hydrogen-bond donors (Lipinski definition) is 1. The van der Waals surface area contributed by atoms with E-state index < -0.39 is 0 Å². The number of nitrogens with one attached hydrogen (secondary N) is 1. The third-order valence-electron chi connectivity index (χ3n) is 1.66. The SMILES string of the molecule is BrCCCNCc1ccccc1. The summed E-state index contributed by atoms with van der Waals surface area (Å²) in [4.78, 5) is 0. The Hall–Kier alpha value is -0.340. The van der Waals surface area contributed by atoms with Crippen molar-refractivity contribution >= 4 is 15.9 Å². The Bertz CT molecular complexity index is 198. The first kappa shape index (κ1) is 9.75. The second-order valence-electron chi connectivity index (χ2n) is 2.70. The van der Waals surface area contributed by atoms with E-state index in [9.17, 15) is 0 Å². The Morgan fingerprint density at radius 3 is 2.58 bits per heavy atom. The second-order valence-corrected chi connectivity index (χ2v) is 3.50. The standard InChI is InChI=1S/C10H14BrN/c11-7-4-8-12-9-10-5-2-1-3-6-10/h1-3,5-6,12H,4,7-9H2. The second kappa shape index (κ2) is 6.21. The molecule has 0 heterocycles. The lowest BCUT2D eigenvalue weighted by molar-refractivity contribution is 0.680. The summed E-state index contributed by atoms with van der Waals surface area (Å²) in [6.07, 6.45) is 1.19. The molecule has 0 aliphatic rings. The number of alkyl halides is 1. The molecule has 0 saturated carbocycles. The molecule has 0 aliphatic heterocycles. The highest BCUT2D eigenvalue weighted by molar-refractivity contribution is 9.09. The van der Waals surface area contributed by atoms with E-state index in [0.717, 1.165) is 18.4 Å². The molecule has 0 fully saturated rings. The van der Waals surface area contributed by atoms with Crippen LogP contribution in [0.3, 0.4) is 0 Å². The van der Waals surface area contributed by atoms with Crippen molar-refractivity contribution in [2.45, 2.75) is 13.0 Å². The predicted molar refractivity (Wildman–Crippen MR) is 56.6 cm³/mol. The Labute approximate surface area is 82.3 Å². The number of hydrogen-bond acceptors (Lipinski definition) is 1. The van der Waals surface area contributed by atoms with Gasteiger partial charge in [-0.1, -0.05) is 46.3 Å². The minimum Gasteiger partial charge on any atom is -0.313 e. The van der Waals surface area contributed by atoms with Crippen molar-refractivity contribution in [3.05, 3.63) is 35.9 Å². The largest absolute Gasteiger partial charge is 0.313 e. The summed E-state index contributed by atoms with van der Waals surface area (Å²) in [5.74, 6) is 0. The Morgan fingerprint density at radius 2 is 1.92 bits per heavy atom. The first-order valence-electron chi connectivity index (χ1n) is 4.24. The molecule has 1 rings (SSSR count). The van der Waals surface area contributed by atoms with E-state index in [1.165, 1.54) is 12.0 Å². The van der Waals surface area contributed by atoms with Crippen LogP contribution in [-0.2, 0) is 6.54 Å². The summed E-state index contributed by atoms with van der Waals surface area (Å²) >= 11 is 3.40. The summed E-state index contributed by atoms with van der Waals surface area (Å²) in [6, 6.07) is 10.5. The molecule has 12 heavy (non-hydrogen) atoms.